The van der Waals surface area contributed by atoms with Crippen LogP contribution in [0.2, 0.25) is 0 Å². The van der Waals surface area contributed by atoms with Crippen LogP contribution in [0.25, 0.3) is 0 Å². The molecule has 0 N–H and O–H groups in total. The summed E-state index contributed by atoms with van der Waals surface area (Å²) in [6.45, 7) is 7.81. The Morgan fingerprint density at radius 2 is 2.07 bits per heavy atom. The minimum Gasteiger partial charge on any atom is -0.459 e. The van der Waals surface area contributed by atoms with Gasteiger partial charge in [-0.1, -0.05) is 0 Å². The first kappa shape index (κ1) is 10.9. The number of esters is 1. The summed E-state index contributed by atoms with van der Waals surface area (Å²) < 4.78 is 11.5. The van der Waals surface area contributed by atoms with Gasteiger partial charge in [-0.25, -0.2) is 0 Å². The van der Waals surface area contributed by atoms with E-state index in [1.807, 2.05) is 0 Å². The second-order valence-corrected chi connectivity index (χ2v) is 5.59. The summed E-state index contributed by atoms with van der Waals surface area (Å²) >= 11 is 0. The normalized spacial score (nSPS) is 42.7. The molecule has 3 fully saturated rings. The molecule has 1 saturated carbocycles. The largest absolute Gasteiger partial charge is 0.459 e. The summed E-state index contributed by atoms with van der Waals surface area (Å²) in [7, 11) is 0. The van der Waals surface area contributed by atoms with Gasteiger partial charge in [0.1, 0.15) is 11.7 Å². The van der Waals surface area contributed by atoms with Gasteiger partial charge >= 0.3 is 5.97 Å². The van der Waals surface area contributed by atoms with Crippen LogP contribution in [-0.2, 0) is 14.3 Å². The van der Waals surface area contributed by atoms with Gasteiger partial charge in [0, 0.05) is 6.92 Å². The number of rotatable bonds is 1. The number of fused-ring (bicyclic) bond motifs is 3. The highest BCUT2D eigenvalue weighted by Gasteiger charge is 2.55. The fourth-order valence-electron chi connectivity index (χ4n) is 3.05. The van der Waals surface area contributed by atoms with Gasteiger partial charge in [-0.2, -0.15) is 0 Å². The molecule has 0 amide bonds. The molecule has 2 bridgehead atoms. The molecule has 1 aliphatic carbocycles. The van der Waals surface area contributed by atoms with Gasteiger partial charge in [0.2, 0.25) is 0 Å². The molecule has 15 heavy (non-hydrogen) atoms. The maximum atomic E-state index is 11.0. The number of carbonyl (C=O) groups is 1. The van der Waals surface area contributed by atoms with Crippen molar-refractivity contribution in [3.63, 3.8) is 0 Å². The number of hydrogen-bond donors (Lipinski definition) is 0. The predicted molar refractivity (Wildman–Crippen MR) is 56.5 cm³/mol. The summed E-state index contributed by atoms with van der Waals surface area (Å²) in [5, 5.41) is 0. The lowest BCUT2D eigenvalue weighted by Crippen LogP contribution is -2.62. The highest BCUT2D eigenvalue weighted by molar-refractivity contribution is 5.66. The number of carbonyl (C=O) groups excluding carboxylic acids is 1. The molecule has 0 radical (unpaired) electrons. The van der Waals surface area contributed by atoms with Crippen molar-refractivity contribution < 1.29 is 14.3 Å². The molecular formula is C12H20O3. The SMILES string of the molecule is CC(=O)OC1CC2CCC1(C)OC2(C)C. The lowest BCUT2D eigenvalue weighted by atomic mass is 9.67. The molecule has 0 aromatic heterocycles. The second-order valence-electron chi connectivity index (χ2n) is 5.59. The summed E-state index contributed by atoms with van der Waals surface area (Å²) in [4.78, 5) is 11.0. The van der Waals surface area contributed by atoms with Gasteiger partial charge in [0.25, 0.3) is 0 Å². The Morgan fingerprint density at radius 1 is 1.40 bits per heavy atom. The molecule has 0 aromatic carbocycles. The summed E-state index contributed by atoms with van der Waals surface area (Å²) in [5.41, 5.74) is -0.340. The molecule has 86 valence electrons. The van der Waals surface area contributed by atoms with Gasteiger partial charge in [-0.3, -0.25) is 4.79 Å². The number of ether oxygens (including phenoxy) is 2. The van der Waals surface area contributed by atoms with E-state index >= 15 is 0 Å². The quantitative estimate of drug-likeness (QED) is 0.625. The van der Waals surface area contributed by atoms with Crippen LogP contribution >= 0.6 is 0 Å². The fraction of sp³-hybridized carbons (Fsp3) is 0.917. The van der Waals surface area contributed by atoms with Gasteiger partial charge < -0.3 is 9.47 Å². The minimum atomic E-state index is -0.274. The molecule has 3 rings (SSSR count). The molecule has 0 spiro atoms. The smallest absolute Gasteiger partial charge is 0.303 e. The Bertz CT molecular complexity index is 285. The second kappa shape index (κ2) is 3.21. The van der Waals surface area contributed by atoms with Crippen molar-refractivity contribution in [1.82, 2.24) is 0 Å². The van der Waals surface area contributed by atoms with Gasteiger partial charge in [0.05, 0.1) is 5.60 Å². The van der Waals surface area contributed by atoms with Gasteiger partial charge in [-0.05, 0) is 46.0 Å². The lowest BCUT2D eigenvalue weighted by Gasteiger charge is -2.56. The predicted octanol–water partition coefficient (Wildman–Crippen LogP) is 2.29. The van der Waals surface area contributed by atoms with Crippen LogP contribution < -0.4 is 0 Å². The Kier molecular flexibility index (Phi) is 2.34. The van der Waals surface area contributed by atoms with E-state index < -0.39 is 0 Å². The standard InChI is InChI=1S/C12H20O3/c1-8(13)14-10-7-9-5-6-12(10,4)15-11(9,2)3/h9-10H,5-7H2,1-4H3. The van der Waals surface area contributed by atoms with Gasteiger partial charge in [0.15, 0.2) is 0 Å². The van der Waals surface area contributed by atoms with Crippen molar-refractivity contribution in [2.75, 3.05) is 0 Å². The van der Waals surface area contributed by atoms with Crippen LogP contribution in [0.1, 0.15) is 47.0 Å². The molecule has 0 aromatic rings. The van der Waals surface area contributed by atoms with Crippen molar-refractivity contribution >= 4 is 5.97 Å². The van der Waals surface area contributed by atoms with Crippen LogP contribution in [0, 0.1) is 5.92 Å². The zero-order valence-corrected chi connectivity index (χ0v) is 10.0. The summed E-state index contributed by atoms with van der Waals surface area (Å²) in [6.07, 6.45) is 3.07. The Balaban J connectivity index is 2.17. The summed E-state index contributed by atoms with van der Waals surface area (Å²) in [5.74, 6) is 0.318. The minimum absolute atomic E-state index is 0.0539. The Labute approximate surface area is 91.1 Å². The van der Waals surface area contributed by atoms with E-state index in [1.54, 1.807) is 0 Å². The van der Waals surface area contributed by atoms with Crippen molar-refractivity contribution in [2.24, 2.45) is 5.92 Å². The molecular weight excluding hydrogens is 192 g/mol. The maximum Gasteiger partial charge on any atom is 0.303 e. The molecule has 3 atom stereocenters. The van der Waals surface area contributed by atoms with E-state index in [0.717, 1.165) is 12.8 Å². The van der Waals surface area contributed by atoms with Crippen LogP contribution in [0.3, 0.4) is 0 Å². The number of hydrogen-bond acceptors (Lipinski definition) is 3. The first-order chi connectivity index (χ1) is 6.83. The Hall–Kier alpha value is -0.570. The highest BCUT2D eigenvalue weighted by Crippen LogP contribution is 2.50. The van der Waals surface area contributed by atoms with Crippen molar-refractivity contribution in [1.29, 1.82) is 0 Å². The van der Waals surface area contributed by atoms with E-state index in [9.17, 15) is 4.79 Å². The molecule has 3 heteroatoms. The molecule has 2 saturated heterocycles. The van der Waals surface area contributed by atoms with E-state index in [4.69, 9.17) is 9.47 Å². The maximum absolute atomic E-state index is 11.0. The zero-order chi connectivity index (χ0) is 11.3. The molecule has 3 aliphatic rings. The Morgan fingerprint density at radius 3 is 2.53 bits per heavy atom. The first-order valence-electron chi connectivity index (χ1n) is 5.71. The van der Waals surface area contributed by atoms with E-state index in [0.29, 0.717) is 5.92 Å². The molecule has 2 aliphatic heterocycles. The monoisotopic (exact) mass is 212 g/mol. The third-order valence-electron chi connectivity index (χ3n) is 3.96. The van der Waals surface area contributed by atoms with Crippen LogP contribution in [0.5, 0.6) is 0 Å². The van der Waals surface area contributed by atoms with E-state index in [-0.39, 0.29) is 23.3 Å². The molecule has 3 unspecified atom stereocenters. The topological polar surface area (TPSA) is 35.5 Å². The fourth-order valence-corrected chi connectivity index (χ4v) is 3.05. The average Bonchev–Trinajstić information content (AvgIpc) is 2.04. The average molecular weight is 212 g/mol. The molecule has 3 nitrogen and oxygen atoms in total. The third-order valence-corrected chi connectivity index (χ3v) is 3.96. The van der Waals surface area contributed by atoms with Gasteiger partial charge in [-0.15, -0.1) is 0 Å². The van der Waals surface area contributed by atoms with Crippen LogP contribution in [0.4, 0.5) is 0 Å². The van der Waals surface area contributed by atoms with E-state index in [1.165, 1.54) is 13.3 Å². The lowest BCUT2D eigenvalue weighted by molar-refractivity contribution is -0.277. The summed E-state index contributed by atoms with van der Waals surface area (Å²) in [6, 6.07) is 0. The first-order valence-corrected chi connectivity index (χ1v) is 5.71. The third kappa shape index (κ3) is 1.78. The van der Waals surface area contributed by atoms with Crippen molar-refractivity contribution in [2.45, 2.75) is 64.3 Å². The van der Waals surface area contributed by atoms with E-state index in [2.05, 4.69) is 20.8 Å². The van der Waals surface area contributed by atoms with Crippen molar-refractivity contribution in [3.8, 4) is 0 Å². The molecule has 2 heterocycles. The van der Waals surface area contributed by atoms with Crippen LogP contribution in [0.15, 0.2) is 0 Å². The zero-order valence-electron chi connectivity index (χ0n) is 10.0. The van der Waals surface area contributed by atoms with Crippen LogP contribution in [-0.4, -0.2) is 23.3 Å². The van der Waals surface area contributed by atoms with Crippen molar-refractivity contribution in [3.05, 3.63) is 0 Å². The highest BCUT2D eigenvalue weighted by atomic mass is 16.6.